The summed E-state index contributed by atoms with van der Waals surface area (Å²) in [7, 11) is 0. The number of rotatable bonds is 12. The van der Waals surface area contributed by atoms with Gasteiger partial charge in [-0.25, -0.2) is 0 Å². The number of fused-ring (bicyclic) bond motifs is 2. The molecule has 2 atom stereocenters. The minimum Gasteiger partial charge on any atom is -0.303 e. The van der Waals surface area contributed by atoms with E-state index in [1.54, 1.807) is 5.71 Å². The normalized spacial score (nSPS) is 28.0. The largest absolute Gasteiger partial charge is 0.303 e. The molecule has 0 saturated carbocycles. The summed E-state index contributed by atoms with van der Waals surface area (Å²) in [5, 5.41) is 3.80. The monoisotopic (exact) mass is 349 g/mol. The van der Waals surface area contributed by atoms with E-state index < -0.39 is 0 Å². The fourth-order valence-corrected chi connectivity index (χ4v) is 4.80. The molecule has 0 aromatic rings. The van der Waals surface area contributed by atoms with Crippen molar-refractivity contribution in [1.29, 1.82) is 0 Å². The second-order valence-electron chi connectivity index (χ2n) is 8.52. The van der Waals surface area contributed by atoms with E-state index in [1.165, 1.54) is 83.6 Å². The Bertz CT molecular complexity index is 409. The first-order chi connectivity index (χ1) is 12.2. The first kappa shape index (κ1) is 20.9. The van der Waals surface area contributed by atoms with Gasteiger partial charge in [-0.15, -0.1) is 0 Å². The fraction of sp³-hybridized carbons (Fsp3) is 0.955. The van der Waals surface area contributed by atoms with Crippen LogP contribution in [-0.4, -0.2) is 36.0 Å². The molecule has 25 heavy (non-hydrogen) atoms. The number of hydrogen-bond donors (Lipinski definition) is 1. The SMILES string of the molecule is CCCCC1=NC(CCCC)(CCCC)N2CNCC1(CCCC)C2. The molecule has 2 unspecified atom stereocenters. The van der Waals surface area contributed by atoms with Gasteiger partial charge in [0.25, 0.3) is 0 Å². The Balaban J connectivity index is 2.36. The minimum absolute atomic E-state index is 0.0816. The van der Waals surface area contributed by atoms with Crippen LogP contribution in [0.2, 0.25) is 0 Å². The predicted molar refractivity (Wildman–Crippen MR) is 110 cm³/mol. The van der Waals surface area contributed by atoms with Crippen molar-refractivity contribution in [3.63, 3.8) is 0 Å². The summed E-state index contributed by atoms with van der Waals surface area (Å²) in [6, 6.07) is 0. The van der Waals surface area contributed by atoms with Gasteiger partial charge in [-0.2, -0.15) is 0 Å². The van der Waals surface area contributed by atoms with Crippen molar-refractivity contribution in [3.05, 3.63) is 0 Å². The van der Waals surface area contributed by atoms with E-state index in [0.29, 0.717) is 5.41 Å². The summed E-state index contributed by atoms with van der Waals surface area (Å²) < 4.78 is 0. The standard InChI is InChI=1S/C22H43N3/c1-5-9-13-20-21(14-10-6-2)17-23-19-25(18-21)22(24-20,15-11-7-3)16-12-8-4/h23H,5-19H2,1-4H3. The maximum absolute atomic E-state index is 5.64. The van der Waals surface area contributed by atoms with E-state index in [1.807, 2.05) is 0 Å². The molecular weight excluding hydrogens is 306 g/mol. The average Bonchev–Trinajstić information content (AvgIpc) is 2.64. The van der Waals surface area contributed by atoms with Crippen LogP contribution in [0.1, 0.15) is 105 Å². The van der Waals surface area contributed by atoms with Crippen LogP contribution in [0.15, 0.2) is 4.99 Å². The summed E-state index contributed by atoms with van der Waals surface area (Å²) in [5.74, 6) is 0. The second kappa shape index (κ2) is 10.1. The Labute approximate surface area is 157 Å². The van der Waals surface area contributed by atoms with E-state index in [0.717, 1.165) is 13.2 Å². The zero-order chi connectivity index (χ0) is 18.2. The highest BCUT2D eigenvalue weighted by atomic mass is 15.4. The molecule has 2 rings (SSSR count). The van der Waals surface area contributed by atoms with Crippen molar-refractivity contribution in [2.45, 2.75) is 110 Å². The van der Waals surface area contributed by atoms with Gasteiger partial charge in [-0.05, 0) is 44.9 Å². The highest BCUT2D eigenvalue weighted by molar-refractivity contribution is 5.92. The van der Waals surface area contributed by atoms with E-state index in [-0.39, 0.29) is 5.66 Å². The van der Waals surface area contributed by atoms with E-state index in [2.05, 4.69) is 37.9 Å². The van der Waals surface area contributed by atoms with E-state index in [9.17, 15) is 0 Å². The number of nitrogens with one attached hydrogen (secondary N) is 1. The lowest BCUT2D eigenvalue weighted by molar-refractivity contribution is -0.00890. The Morgan fingerprint density at radius 1 is 0.880 bits per heavy atom. The van der Waals surface area contributed by atoms with Gasteiger partial charge in [0, 0.05) is 24.2 Å². The van der Waals surface area contributed by atoms with Gasteiger partial charge >= 0.3 is 0 Å². The summed E-state index contributed by atoms with van der Waals surface area (Å²) >= 11 is 0. The zero-order valence-corrected chi connectivity index (χ0v) is 17.5. The van der Waals surface area contributed by atoms with E-state index in [4.69, 9.17) is 4.99 Å². The molecule has 2 heterocycles. The number of nitrogens with zero attached hydrogens (tertiary/aromatic N) is 2. The van der Waals surface area contributed by atoms with Gasteiger partial charge in [0.2, 0.25) is 0 Å². The Morgan fingerprint density at radius 2 is 1.48 bits per heavy atom. The third kappa shape index (κ3) is 4.86. The van der Waals surface area contributed by atoms with Crippen molar-refractivity contribution >= 4 is 5.71 Å². The maximum atomic E-state index is 5.64. The number of unbranched alkanes of at least 4 members (excludes halogenated alkanes) is 4. The lowest BCUT2D eigenvalue weighted by Gasteiger charge is -2.56. The summed E-state index contributed by atoms with van der Waals surface area (Å²) in [6.07, 6.45) is 15.3. The van der Waals surface area contributed by atoms with Gasteiger partial charge in [-0.3, -0.25) is 9.89 Å². The molecule has 0 aromatic heterocycles. The third-order valence-corrected chi connectivity index (χ3v) is 6.44. The summed E-state index contributed by atoms with van der Waals surface area (Å²) in [4.78, 5) is 8.37. The van der Waals surface area contributed by atoms with E-state index >= 15 is 0 Å². The van der Waals surface area contributed by atoms with Crippen molar-refractivity contribution in [1.82, 2.24) is 10.2 Å². The Hall–Kier alpha value is -0.410. The number of aliphatic imine (C=N–C) groups is 1. The van der Waals surface area contributed by atoms with Crippen LogP contribution in [0.5, 0.6) is 0 Å². The molecule has 3 heteroatoms. The smallest absolute Gasteiger partial charge is 0.114 e. The first-order valence-electron chi connectivity index (χ1n) is 11.2. The van der Waals surface area contributed by atoms with Crippen LogP contribution < -0.4 is 5.32 Å². The molecule has 1 saturated heterocycles. The Morgan fingerprint density at radius 3 is 2.08 bits per heavy atom. The minimum atomic E-state index is 0.0816. The second-order valence-corrected chi connectivity index (χ2v) is 8.52. The molecule has 146 valence electrons. The van der Waals surface area contributed by atoms with Crippen molar-refractivity contribution in [2.75, 3.05) is 19.8 Å². The van der Waals surface area contributed by atoms with Crippen molar-refractivity contribution in [3.8, 4) is 0 Å². The molecule has 1 fully saturated rings. The molecule has 1 N–H and O–H groups in total. The van der Waals surface area contributed by atoms with Crippen LogP contribution in [0.25, 0.3) is 0 Å². The van der Waals surface area contributed by atoms with Gasteiger partial charge in [-0.1, -0.05) is 59.8 Å². The topological polar surface area (TPSA) is 27.6 Å². The molecule has 2 bridgehead atoms. The van der Waals surface area contributed by atoms with Crippen LogP contribution in [0.4, 0.5) is 0 Å². The summed E-state index contributed by atoms with van der Waals surface area (Å²) in [6.45, 7) is 12.7. The molecule has 0 amide bonds. The molecular formula is C22H43N3. The van der Waals surface area contributed by atoms with Crippen LogP contribution in [-0.2, 0) is 0 Å². The molecule has 0 aromatic carbocycles. The van der Waals surface area contributed by atoms with Gasteiger partial charge in [0.1, 0.15) is 5.66 Å². The molecule has 0 spiro atoms. The molecule has 2 aliphatic rings. The lowest BCUT2D eigenvalue weighted by atomic mass is 9.71. The first-order valence-corrected chi connectivity index (χ1v) is 11.2. The summed E-state index contributed by atoms with van der Waals surface area (Å²) in [5.41, 5.74) is 1.96. The molecule has 3 nitrogen and oxygen atoms in total. The zero-order valence-electron chi connectivity index (χ0n) is 17.5. The van der Waals surface area contributed by atoms with Crippen LogP contribution >= 0.6 is 0 Å². The van der Waals surface area contributed by atoms with Crippen LogP contribution in [0, 0.1) is 5.41 Å². The Kier molecular flexibility index (Phi) is 8.41. The fourth-order valence-electron chi connectivity index (χ4n) is 4.80. The lowest BCUT2D eigenvalue weighted by Crippen LogP contribution is -2.67. The van der Waals surface area contributed by atoms with Gasteiger partial charge < -0.3 is 5.32 Å². The quantitative estimate of drug-likeness (QED) is 0.486. The van der Waals surface area contributed by atoms with Crippen molar-refractivity contribution in [2.24, 2.45) is 10.4 Å². The maximum Gasteiger partial charge on any atom is 0.114 e. The van der Waals surface area contributed by atoms with Gasteiger partial charge in [0.15, 0.2) is 0 Å². The molecule has 0 radical (unpaired) electrons. The molecule has 2 aliphatic heterocycles. The van der Waals surface area contributed by atoms with Crippen LogP contribution in [0.3, 0.4) is 0 Å². The number of hydrogen-bond acceptors (Lipinski definition) is 3. The van der Waals surface area contributed by atoms with Gasteiger partial charge in [0.05, 0.1) is 6.67 Å². The van der Waals surface area contributed by atoms with Crippen molar-refractivity contribution < 1.29 is 0 Å². The third-order valence-electron chi connectivity index (χ3n) is 6.44. The molecule has 0 aliphatic carbocycles. The average molecular weight is 350 g/mol. The highest BCUT2D eigenvalue weighted by Crippen LogP contribution is 2.43. The highest BCUT2D eigenvalue weighted by Gasteiger charge is 2.50. The predicted octanol–water partition coefficient (Wildman–Crippen LogP) is 5.75.